The molecule has 2 amide bonds. The Morgan fingerprint density at radius 3 is 2.48 bits per heavy atom. The van der Waals surface area contributed by atoms with Crippen molar-refractivity contribution >= 4 is 17.7 Å². The summed E-state index contributed by atoms with van der Waals surface area (Å²) in [4.78, 5) is 30.3. The topological polar surface area (TPSA) is 107 Å². The Hall–Kier alpha value is -3.29. The molecule has 2 heterocycles. The van der Waals surface area contributed by atoms with Gasteiger partial charge in [-0.15, -0.1) is 0 Å². The molecule has 29 heavy (non-hydrogen) atoms. The number of anilines is 1. The largest absolute Gasteiger partial charge is 0.497 e. The Kier molecular flexibility index (Phi) is 5.24. The smallest absolute Gasteiger partial charge is 0.404 e. The van der Waals surface area contributed by atoms with Crippen molar-refractivity contribution in [2.75, 3.05) is 25.1 Å². The standard InChI is InChI=1S/C21H24N4O4/c1-28-16-5-3-13(4-6-16)14-9-18(25-7-2-8-25)19(23-12-14)20(26)24-15-10-17(11-15)29-21(22)27/h3-6,9,12,15,17H,2,7-8,10-11H2,1H3,(H2,22,27)(H,24,26). The van der Waals surface area contributed by atoms with E-state index in [1.165, 1.54) is 0 Å². The molecule has 1 saturated heterocycles. The molecule has 8 nitrogen and oxygen atoms in total. The van der Waals surface area contributed by atoms with Gasteiger partial charge in [-0.2, -0.15) is 0 Å². The number of aromatic nitrogens is 1. The van der Waals surface area contributed by atoms with Crippen LogP contribution in [-0.2, 0) is 4.74 Å². The van der Waals surface area contributed by atoms with Crippen molar-refractivity contribution in [1.82, 2.24) is 10.3 Å². The van der Waals surface area contributed by atoms with Gasteiger partial charge >= 0.3 is 6.09 Å². The number of nitrogens with two attached hydrogens (primary N) is 1. The molecule has 2 fully saturated rings. The number of nitrogens with one attached hydrogen (secondary N) is 1. The zero-order chi connectivity index (χ0) is 20.4. The predicted molar refractivity (Wildman–Crippen MR) is 108 cm³/mol. The molecule has 0 atom stereocenters. The molecule has 1 saturated carbocycles. The summed E-state index contributed by atoms with van der Waals surface area (Å²) in [5, 5.41) is 2.98. The van der Waals surface area contributed by atoms with Crippen LogP contribution in [0, 0.1) is 0 Å². The van der Waals surface area contributed by atoms with Crippen LogP contribution in [0.4, 0.5) is 10.5 Å². The third-order valence-corrected chi connectivity index (χ3v) is 5.42. The van der Waals surface area contributed by atoms with Crippen molar-refractivity contribution in [1.29, 1.82) is 0 Å². The first-order valence-electron chi connectivity index (χ1n) is 9.70. The van der Waals surface area contributed by atoms with Crippen LogP contribution in [-0.4, -0.2) is 49.3 Å². The third kappa shape index (κ3) is 4.11. The Morgan fingerprint density at radius 2 is 1.90 bits per heavy atom. The minimum atomic E-state index is -0.782. The number of pyridine rings is 1. The number of benzene rings is 1. The lowest BCUT2D eigenvalue weighted by molar-refractivity contribution is 0.0362. The third-order valence-electron chi connectivity index (χ3n) is 5.42. The highest BCUT2D eigenvalue weighted by molar-refractivity contribution is 5.99. The minimum Gasteiger partial charge on any atom is -0.497 e. The van der Waals surface area contributed by atoms with E-state index in [2.05, 4.69) is 15.2 Å². The first-order valence-corrected chi connectivity index (χ1v) is 9.70. The van der Waals surface area contributed by atoms with Crippen molar-refractivity contribution in [3.8, 4) is 16.9 Å². The normalized spacial score (nSPS) is 20.2. The summed E-state index contributed by atoms with van der Waals surface area (Å²) >= 11 is 0. The number of hydrogen-bond donors (Lipinski definition) is 2. The van der Waals surface area contributed by atoms with Gasteiger partial charge in [0, 0.05) is 43.7 Å². The van der Waals surface area contributed by atoms with Gasteiger partial charge in [-0.1, -0.05) is 12.1 Å². The zero-order valence-corrected chi connectivity index (χ0v) is 16.3. The minimum absolute atomic E-state index is 0.0424. The number of amides is 2. The first-order chi connectivity index (χ1) is 14.0. The highest BCUT2D eigenvalue weighted by Crippen LogP contribution is 2.31. The molecular formula is C21H24N4O4. The van der Waals surface area contributed by atoms with Crippen LogP contribution >= 0.6 is 0 Å². The van der Waals surface area contributed by atoms with Gasteiger partial charge < -0.3 is 25.4 Å². The van der Waals surface area contributed by atoms with E-state index in [1.807, 2.05) is 30.3 Å². The van der Waals surface area contributed by atoms with Crippen LogP contribution < -0.4 is 20.7 Å². The summed E-state index contributed by atoms with van der Waals surface area (Å²) < 4.78 is 10.1. The molecule has 3 N–H and O–H groups in total. The van der Waals surface area contributed by atoms with E-state index in [9.17, 15) is 9.59 Å². The molecule has 8 heteroatoms. The maximum atomic E-state index is 12.8. The van der Waals surface area contributed by atoms with Crippen LogP contribution in [0.1, 0.15) is 29.8 Å². The monoisotopic (exact) mass is 396 g/mol. The van der Waals surface area contributed by atoms with Crippen molar-refractivity contribution in [2.24, 2.45) is 5.73 Å². The Balaban J connectivity index is 1.50. The number of carbonyl (C=O) groups excluding carboxylic acids is 2. The molecule has 0 radical (unpaired) electrons. The number of hydrogen-bond acceptors (Lipinski definition) is 6. The van der Waals surface area contributed by atoms with Crippen LogP contribution in [0.25, 0.3) is 11.1 Å². The summed E-state index contributed by atoms with van der Waals surface area (Å²) in [5.41, 5.74) is 8.24. The molecule has 1 aromatic carbocycles. The van der Waals surface area contributed by atoms with E-state index >= 15 is 0 Å². The number of carbonyl (C=O) groups is 2. The second-order valence-electron chi connectivity index (χ2n) is 7.36. The maximum absolute atomic E-state index is 12.8. The van der Waals surface area contributed by atoms with Crippen LogP contribution in [0.3, 0.4) is 0 Å². The number of ether oxygens (including phenoxy) is 2. The Bertz CT molecular complexity index is 905. The second kappa shape index (κ2) is 7.98. The molecule has 4 rings (SSSR count). The summed E-state index contributed by atoms with van der Waals surface area (Å²) in [7, 11) is 1.64. The summed E-state index contributed by atoms with van der Waals surface area (Å²) in [6, 6.07) is 9.73. The lowest BCUT2D eigenvalue weighted by atomic mass is 9.89. The molecule has 1 aromatic heterocycles. The van der Waals surface area contributed by atoms with E-state index in [1.54, 1.807) is 13.3 Å². The van der Waals surface area contributed by atoms with Crippen molar-refractivity contribution in [2.45, 2.75) is 31.4 Å². The molecule has 1 aliphatic heterocycles. The van der Waals surface area contributed by atoms with Gasteiger partial charge in [0.15, 0.2) is 5.69 Å². The summed E-state index contributed by atoms with van der Waals surface area (Å²) in [6.07, 6.45) is 2.95. The van der Waals surface area contributed by atoms with Gasteiger partial charge in [0.05, 0.1) is 12.8 Å². The summed E-state index contributed by atoms with van der Waals surface area (Å²) in [5.74, 6) is 0.579. The number of rotatable bonds is 6. The van der Waals surface area contributed by atoms with E-state index in [0.29, 0.717) is 18.5 Å². The SMILES string of the molecule is COc1ccc(-c2cnc(C(=O)NC3CC(OC(N)=O)C3)c(N3CCC3)c2)cc1. The van der Waals surface area contributed by atoms with Gasteiger partial charge in [0.1, 0.15) is 11.9 Å². The Labute approximate surface area is 169 Å². The lowest BCUT2D eigenvalue weighted by Gasteiger charge is -2.36. The van der Waals surface area contributed by atoms with Gasteiger partial charge in [-0.25, -0.2) is 9.78 Å². The van der Waals surface area contributed by atoms with E-state index in [-0.39, 0.29) is 18.1 Å². The fourth-order valence-electron chi connectivity index (χ4n) is 3.57. The lowest BCUT2D eigenvalue weighted by Crippen LogP contribution is -2.49. The van der Waals surface area contributed by atoms with Crippen molar-refractivity contribution < 1.29 is 19.1 Å². The molecule has 0 bridgehead atoms. The zero-order valence-electron chi connectivity index (χ0n) is 16.3. The van der Waals surface area contributed by atoms with Crippen molar-refractivity contribution in [3.05, 3.63) is 42.2 Å². The first kappa shape index (κ1) is 19.0. The van der Waals surface area contributed by atoms with E-state index < -0.39 is 6.09 Å². The van der Waals surface area contributed by atoms with Gasteiger partial charge in [-0.05, 0) is 30.2 Å². The number of methoxy groups -OCH3 is 1. The van der Waals surface area contributed by atoms with Crippen LogP contribution in [0.15, 0.2) is 36.5 Å². The molecule has 0 unspecified atom stereocenters. The van der Waals surface area contributed by atoms with Crippen LogP contribution in [0.5, 0.6) is 5.75 Å². The van der Waals surface area contributed by atoms with Crippen molar-refractivity contribution in [3.63, 3.8) is 0 Å². The van der Waals surface area contributed by atoms with E-state index in [0.717, 1.165) is 42.1 Å². The van der Waals surface area contributed by atoms with Gasteiger partial charge in [-0.3, -0.25) is 4.79 Å². The molecule has 2 aliphatic rings. The quantitative estimate of drug-likeness (QED) is 0.776. The highest BCUT2D eigenvalue weighted by Gasteiger charge is 2.34. The van der Waals surface area contributed by atoms with Gasteiger partial charge in [0.25, 0.3) is 5.91 Å². The van der Waals surface area contributed by atoms with Gasteiger partial charge in [0.2, 0.25) is 0 Å². The number of primary amides is 1. The second-order valence-corrected chi connectivity index (χ2v) is 7.36. The summed E-state index contributed by atoms with van der Waals surface area (Å²) in [6.45, 7) is 1.82. The fraction of sp³-hybridized carbons (Fsp3) is 0.381. The molecular weight excluding hydrogens is 372 g/mol. The predicted octanol–water partition coefficient (Wildman–Crippen LogP) is 2.32. The molecule has 2 aromatic rings. The molecule has 1 aliphatic carbocycles. The number of nitrogens with zero attached hydrogens (tertiary/aromatic N) is 2. The fourth-order valence-corrected chi connectivity index (χ4v) is 3.57. The van der Waals surface area contributed by atoms with Crippen LogP contribution in [0.2, 0.25) is 0 Å². The Morgan fingerprint density at radius 1 is 1.17 bits per heavy atom. The maximum Gasteiger partial charge on any atom is 0.404 e. The van der Waals surface area contributed by atoms with E-state index in [4.69, 9.17) is 15.2 Å². The molecule has 0 spiro atoms. The highest BCUT2D eigenvalue weighted by atomic mass is 16.6. The average Bonchev–Trinajstić information content (AvgIpc) is 2.64. The average molecular weight is 396 g/mol. The molecule has 152 valence electrons.